The number of benzene rings is 1. The van der Waals surface area contributed by atoms with Gasteiger partial charge in [0.1, 0.15) is 0 Å². The summed E-state index contributed by atoms with van der Waals surface area (Å²) in [6.45, 7) is 4.74. The van der Waals surface area contributed by atoms with Crippen LogP contribution in [0.5, 0.6) is 0 Å². The summed E-state index contributed by atoms with van der Waals surface area (Å²) in [5, 5.41) is 0. The second-order valence-corrected chi connectivity index (χ2v) is 4.23. The Bertz CT molecular complexity index is 403. The van der Waals surface area contributed by atoms with E-state index in [0.29, 0.717) is 0 Å². The van der Waals surface area contributed by atoms with Crippen molar-refractivity contribution in [3.8, 4) is 0 Å². The first-order valence-electron chi connectivity index (χ1n) is 5.39. The fraction of sp³-hybridized carbons (Fsp3) is 0.385. The molecule has 14 heavy (non-hydrogen) atoms. The van der Waals surface area contributed by atoms with Crippen molar-refractivity contribution in [2.75, 3.05) is 13.1 Å². The number of hydrogen-bond donors (Lipinski definition) is 0. The number of rotatable bonds is 1. The lowest BCUT2D eigenvalue weighted by atomic mass is 9.96. The molecule has 1 fully saturated rings. The third-order valence-electron chi connectivity index (χ3n) is 3.45. The number of nitrogens with zero attached hydrogens (tertiary/aromatic N) is 1. The van der Waals surface area contributed by atoms with E-state index < -0.39 is 0 Å². The molecule has 1 heteroatoms. The quantitative estimate of drug-likeness (QED) is 0.650. The molecule has 0 amide bonds. The molecule has 0 unspecified atom stereocenters. The van der Waals surface area contributed by atoms with Crippen LogP contribution in [0.2, 0.25) is 0 Å². The van der Waals surface area contributed by atoms with Crippen molar-refractivity contribution in [3.63, 3.8) is 0 Å². The zero-order chi connectivity index (χ0) is 9.54. The van der Waals surface area contributed by atoms with Crippen molar-refractivity contribution in [1.82, 2.24) is 4.90 Å². The molecule has 0 N–H and O–H groups in total. The highest BCUT2D eigenvalue weighted by Gasteiger charge is 2.29. The van der Waals surface area contributed by atoms with E-state index in [1.165, 1.54) is 37.1 Å². The zero-order valence-corrected chi connectivity index (χ0v) is 8.59. The minimum Gasteiger partial charge on any atom is -0.374 e. The second-order valence-electron chi connectivity index (χ2n) is 4.23. The monoisotopic (exact) mass is 185 g/mol. The van der Waals surface area contributed by atoms with Crippen LogP contribution in [0.4, 0.5) is 0 Å². The van der Waals surface area contributed by atoms with Crippen LogP contribution < -0.4 is 0 Å². The highest BCUT2D eigenvalue weighted by Crippen LogP contribution is 2.39. The van der Waals surface area contributed by atoms with Gasteiger partial charge in [0.05, 0.1) is 0 Å². The largest absolute Gasteiger partial charge is 0.374 e. The normalized spacial score (nSPS) is 19.6. The first kappa shape index (κ1) is 8.10. The van der Waals surface area contributed by atoms with Crippen LogP contribution in [0.3, 0.4) is 0 Å². The lowest BCUT2D eigenvalue weighted by Gasteiger charge is -2.32. The predicted octanol–water partition coefficient (Wildman–Crippen LogP) is 2.82. The van der Waals surface area contributed by atoms with Gasteiger partial charge >= 0.3 is 0 Å². The maximum Gasteiger partial charge on any atom is 0.0230 e. The van der Waals surface area contributed by atoms with Crippen molar-refractivity contribution in [3.05, 3.63) is 41.1 Å². The highest BCUT2D eigenvalue weighted by atomic mass is 15.2. The predicted molar refractivity (Wildman–Crippen MR) is 58.9 cm³/mol. The molecule has 1 saturated heterocycles. The molecule has 2 heterocycles. The van der Waals surface area contributed by atoms with Gasteiger partial charge in [-0.15, -0.1) is 0 Å². The Balaban J connectivity index is 2.08. The summed E-state index contributed by atoms with van der Waals surface area (Å²) in [5.41, 5.74) is 6.11. The standard InChI is InChI=1S/C13H15N/c1-10-4-2-3-5-11(10)12-6-8-14-9-7-13(12)14/h2-5H,6-9H2,1H3. The van der Waals surface area contributed by atoms with Crippen LogP contribution in [0.25, 0.3) is 5.57 Å². The van der Waals surface area contributed by atoms with Gasteiger partial charge in [-0.1, -0.05) is 24.3 Å². The Labute approximate surface area is 85.0 Å². The number of aryl methyl sites for hydroxylation is 1. The molecule has 0 spiro atoms. The minimum absolute atomic E-state index is 1.25. The van der Waals surface area contributed by atoms with Gasteiger partial charge in [0.2, 0.25) is 0 Å². The molecule has 3 rings (SSSR count). The Hall–Kier alpha value is -1.24. The molecule has 2 aliphatic heterocycles. The van der Waals surface area contributed by atoms with Crippen LogP contribution in [-0.2, 0) is 0 Å². The average Bonchev–Trinajstić information content (AvgIpc) is 2.42. The molecule has 0 aliphatic carbocycles. The fourth-order valence-corrected chi connectivity index (χ4v) is 2.56. The lowest BCUT2D eigenvalue weighted by Crippen LogP contribution is -2.31. The smallest absolute Gasteiger partial charge is 0.0230 e. The summed E-state index contributed by atoms with van der Waals surface area (Å²) >= 11 is 0. The van der Waals surface area contributed by atoms with E-state index in [4.69, 9.17) is 0 Å². The van der Waals surface area contributed by atoms with Gasteiger partial charge < -0.3 is 4.90 Å². The maximum atomic E-state index is 2.52. The topological polar surface area (TPSA) is 3.24 Å². The zero-order valence-electron chi connectivity index (χ0n) is 8.59. The van der Waals surface area contributed by atoms with Crippen molar-refractivity contribution in [2.24, 2.45) is 0 Å². The summed E-state index contributed by atoms with van der Waals surface area (Å²) in [4.78, 5) is 2.52. The van der Waals surface area contributed by atoms with Gasteiger partial charge in [0.25, 0.3) is 0 Å². The molecule has 1 aromatic carbocycles. The van der Waals surface area contributed by atoms with Crippen LogP contribution in [0, 0.1) is 6.92 Å². The van der Waals surface area contributed by atoms with Crippen molar-refractivity contribution in [1.29, 1.82) is 0 Å². The van der Waals surface area contributed by atoms with E-state index >= 15 is 0 Å². The average molecular weight is 185 g/mol. The van der Waals surface area contributed by atoms with E-state index in [0.717, 1.165) is 0 Å². The second kappa shape index (κ2) is 2.88. The molecule has 2 aliphatic rings. The van der Waals surface area contributed by atoms with E-state index in [1.807, 2.05) is 0 Å². The molecule has 1 nitrogen and oxygen atoms in total. The lowest BCUT2D eigenvalue weighted by molar-refractivity contribution is 0.286. The molecule has 0 aromatic heterocycles. The third kappa shape index (κ3) is 1.02. The summed E-state index contributed by atoms with van der Waals surface area (Å²) in [7, 11) is 0. The number of hydrogen-bond acceptors (Lipinski definition) is 1. The van der Waals surface area contributed by atoms with Crippen molar-refractivity contribution >= 4 is 5.57 Å². The summed E-state index contributed by atoms with van der Waals surface area (Å²) in [6.07, 6.45) is 2.55. The van der Waals surface area contributed by atoms with Crippen LogP contribution in [0.1, 0.15) is 24.0 Å². The molecule has 0 bridgehead atoms. The first-order valence-corrected chi connectivity index (χ1v) is 5.39. The van der Waals surface area contributed by atoms with Crippen LogP contribution >= 0.6 is 0 Å². The molecule has 0 atom stereocenters. The van der Waals surface area contributed by atoms with E-state index in [9.17, 15) is 0 Å². The molecular weight excluding hydrogens is 170 g/mol. The molecular formula is C13H15N. The van der Waals surface area contributed by atoms with Crippen molar-refractivity contribution in [2.45, 2.75) is 19.8 Å². The Morgan fingerprint density at radius 1 is 1.07 bits per heavy atom. The van der Waals surface area contributed by atoms with Gasteiger partial charge in [-0.3, -0.25) is 0 Å². The van der Waals surface area contributed by atoms with Crippen LogP contribution in [0.15, 0.2) is 30.0 Å². The van der Waals surface area contributed by atoms with E-state index in [1.54, 1.807) is 11.3 Å². The highest BCUT2D eigenvalue weighted by molar-refractivity contribution is 5.73. The van der Waals surface area contributed by atoms with E-state index in [-0.39, 0.29) is 0 Å². The Morgan fingerprint density at radius 3 is 2.50 bits per heavy atom. The van der Waals surface area contributed by atoms with Crippen molar-refractivity contribution < 1.29 is 0 Å². The minimum atomic E-state index is 1.25. The Morgan fingerprint density at radius 2 is 1.86 bits per heavy atom. The summed E-state index contributed by atoms with van der Waals surface area (Å²) in [5.74, 6) is 0. The summed E-state index contributed by atoms with van der Waals surface area (Å²) in [6, 6.07) is 8.75. The first-order chi connectivity index (χ1) is 6.86. The van der Waals surface area contributed by atoms with Gasteiger partial charge in [0.15, 0.2) is 0 Å². The maximum absolute atomic E-state index is 2.52. The summed E-state index contributed by atoms with van der Waals surface area (Å²) < 4.78 is 0. The molecule has 0 saturated carbocycles. The SMILES string of the molecule is Cc1ccccc1C1=C2CCN2CC1. The molecule has 0 radical (unpaired) electrons. The van der Waals surface area contributed by atoms with Gasteiger partial charge in [-0.05, 0) is 30.0 Å². The van der Waals surface area contributed by atoms with Crippen LogP contribution in [-0.4, -0.2) is 18.0 Å². The molecule has 1 aromatic rings. The van der Waals surface area contributed by atoms with Gasteiger partial charge in [-0.25, -0.2) is 0 Å². The van der Waals surface area contributed by atoms with Gasteiger partial charge in [-0.2, -0.15) is 0 Å². The van der Waals surface area contributed by atoms with Gasteiger partial charge in [0, 0.05) is 25.2 Å². The number of fused-ring (bicyclic) bond motifs is 1. The van der Waals surface area contributed by atoms with E-state index in [2.05, 4.69) is 36.1 Å². The third-order valence-corrected chi connectivity index (χ3v) is 3.45. The fourth-order valence-electron chi connectivity index (χ4n) is 2.56. The Kier molecular flexibility index (Phi) is 1.66. The molecule has 72 valence electrons.